The predicted octanol–water partition coefficient (Wildman–Crippen LogP) is 3.34. The highest BCUT2D eigenvalue weighted by Gasteiger charge is 2.32. The van der Waals surface area contributed by atoms with Crippen molar-refractivity contribution in [3.8, 4) is 11.5 Å². The first-order chi connectivity index (χ1) is 12.0. The van der Waals surface area contributed by atoms with Gasteiger partial charge in [0.25, 0.3) is 0 Å². The maximum absolute atomic E-state index is 12.4. The van der Waals surface area contributed by atoms with Crippen molar-refractivity contribution in [2.75, 3.05) is 13.2 Å². The topological polar surface area (TPSA) is 54.9 Å². The molecule has 0 saturated carbocycles. The monoisotopic (exact) mass is 351 g/mol. The second kappa shape index (κ2) is 7.33. The number of nitrogens with one attached hydrogen (secondary N) is 2. The van der Waals surface area contributed by atoms with E-state index in [4.69, 9.17) is 4.74 Å². The maximum Gasteiger partial charge on any atom is 0.573 e. The van der Waals surface area contributed by atoms with E-state index in [2.05, 4.69) is 20.4 Å². The zero-order valence-corrected chi connectivity index (χ0v) is 13.1. The van der Waals surface area contributed by atoms with Gasteiger partial charge >= 0.3 is 6.36 Å². The van der Waals surface area contributed by atoms with Gasteiger partial charge in [0.05, 0.1) is 12.2 Å². The number of guanidine groups is 1. The number of ether oxygens (including phenoxy) is 2. The number of para-hydroxylation sites is 3. The molecule has 1 aliphatic rings. The zero-order chi connectivity index (χ0) is 17.7. The second-order valence-corrected chi connectivity index (χ2v) is 5.21. The molecule has 0 radical (unpaired) electrons. The largest absolute Gasteiger partial charge is 0.573 e. The van der Waals surface area contributed by atoms with Gasteiger partial charge < -0.3 is 20.1 Å². The van der Waals surface area contributed by atoms with Crippen molar-refractivity contribution < 1.29 is 22.6 Å². The van der Waals surface area contributed by atoms with E-state index in [0.717, 1.165) is 11.3 Å². The van der Waals surface area contributed by atoms with E-state index >= 15 is 0 Å². The van der Waals surface area contributed by atoms with Gasteiger partial charge in [-0.3, -0.25) is 0 Å². The molecule has 0 atom stereocenters. The van der Waals surface area contributed by atoms with E-state index < -0.39 is 6.36 Å². The fraction of sp³-hybridized carbons (Fsp3) is 0.235. The summed E-state index contributed by atoms with van der Waals surface area (Å²) >= 11 is 0. The van der Waals surface area contributed by atoms with Gasteiger partial charge in [0.2, 0.25) is 0 Å². The highest BCUT2D eigenvalue weighted by molar-refractivity contribution is 5.84. The number of rotatable bonds is 5. The Morgan fingerprint density at radius 2 is 1.76 bits per heavy atom. The summed E-state index contributed by atoms with van der Waals surface area (Å²) in [6, 6.07) is 13.4. The molecular formula is C17H16F3N3O2. The Hall–Kier alpha value is -2.90. The summed E-state index contributed by atoms with van der Waals surface area (Å²) in [5.74, 6) is 0.268. The molecule has 25 heavy (non-hydrogen) atoms. The van der Waals surface area contributed by atoms with Crippen LogP contribution in [0.1, 0.15) is 5.56 Å². The lowest BCUT2D eigenvalue weighted by atomic mass is 10.1. The average Bonchev–Trinajstić information content (AvgIpc) is 2.58. The molecule has 0 fully saturated rings. The van der Waals surface area contributed by atoms with Crippen molar-refractivity contribution in [1.29, 1.82) is 0 Å². The molecule has 2 aromatic rings. The summed E-state index contributed by atoms with van der Waals surface area (Å²) in [4.78, 5) is 4.42. The molecule has 0 bridgehead atoms. The van der Waals surface area contributed by atoms with Crippen LogP contribution in [0.3, 0.4) is 0 Å². The van der Waals surface area contributed by atoms with Gasteiger partial charge in [0.15, 0.2) is 17.5 Å². The van der Waals surface area contributed by atoms with Crippen LogP contribution < -0.4 is 20.1 Å². The molecular weight excluding hydrogens is 335 g/mol. The van der Waals surface area contributed by atoms with Gasteiger partial charge in [0, 0.05) is 6.54 Å². The minimum absolute atomic E-state index is 0.0329. The Morgan fingerprint density at radius 3 is 2.56 bits per heavy atom. The molecule has 1 heterocycles. The van der Waals surface area contributed by atoms with E-state index in [9.17, 15) is 13.2 Å². The molecule has 2 N–H and O–H groups in total. The molecule has 0 saturated heterocycles. The summed E-state index contributed by atoms with van der Waals surface area (Å²) in [6.07, 6.45) is -4.76. The molecule has 5 nitrogen and oxygen atoms in total. The highest BCUT2D eigenvalue weighted by Crippen LogP contribution is 2.31. The van der Waals surface area contributed by atoms with Crippen LogP contribution in [-0.2, 0) is 6.54 Å². The number of benzene rings is 2. The Bertz CT molecular complexity index is 763. The predicted molar refractivity (Wildman–Crippen MR) is 87.0 cm³/mol. The smallest absolute Gasteiger partial charge is 0.488 e. The van der Waals surface area contributed by atoms with Gasteiger partial charge in [-0.2, -0.15) is 0 Å². The molecule has 0 amide bonds. The lowest BCUT2D eigenvalue weighted by molar-refractivity contribution is -0.275. The zero-order valence-electron chi connectivity index (χ0n) is 13.1. The quantitative estimate of drug-likeness (QED) is 0.812. The lowest BCUT2D eigenvalue weighted by Crippen LogP contribution is -2.40. The number of alkyl halides is 3. The normalized spacial score (nSPS) is 13.3. The van der Waals surface area contributed by atoms with Crippen LogP contribution >= 0.6 is 0 Å². The first-order valence-corrected chi connectivity index (χ1v) is 7.63. The van der Waals surface area contributed by atoms with Crippen LogP contribution in [0.4, 0.5) is 18.9 Å². The molecule has 0 unspecified atom stereocenters. The molecule has 0 aromatic heterocycles. The van der Waals surface area contributed by atoms with E-state index in [-0.39, 0.29) is 18.1 Å². The summed E-state index contributed by atoms with van der Waals surface area (Å²) in [5, 5.41) is 6.18. The minimum atomic E-state index is -4.76. The van der Waals surface area contributed by atoms with Gasteiger partial charge in [-0.15, -0.1) is 13.2 Å². The van der Waals surface area contributed by atoms with Crippen molar-refractivity contribution in [1.82, 2.24) is 10.6 Å². The molecule has 0 spiro atoms. The third-order valence-corrected chi connectivity index (χ3v) is 3.40. The number of halogens is 3. The van der Waals surface area contributed by atoms with E-state index in [1.165, 1.54) is 18.2 Å². The fourth-order valence-electron chi connectivity index (χ4n) is 2.32. The van der Waals surface area contributed by atoms with Gasteiger partial charge in [-0.1, -0.05) is 30.3 Å². The number of fused-ring (bicyclic) bond motifs is 1. The van der Waals surface area contributed by atoms with Crippen molar-refractivity contribution in [2.24, 2.45) is 4.99 Å². The van der Waals surface area contributed by atoms with Crippen LogP contribution in [0.15, 0.2) is 53.5 Å². The molecule has 3 rings (SSSR count). The Balaban J connectivity index is 1.52. The summed E-state index contributed by atoms with van der Waals surface area (Å²) in [7, 11) is 0. The first kappa shape index (κ1) is 16.9. The number of hydrogen-bond donors (Lipinski definition) is 2. The minimum Gasteiger partial charge on any atom is -0.488 e. The lowest BCUT2D eigenvalue weighted by Gasteiger charge is -2.19. The van der Waals surface area contributed by atoms with Crippen LogP contribution in [0.2, 0.25) is 0 Å². The standard InChI is InChI=1S/C17H16F3N3O2/c18-17(19,20)25-15-8-4-3-7-14(15)24-10-9-21-16-22-11-12-5-1-2-6-13(12)23-16/h1-8H,9-11H2,(H2,21,22,23). The van der Waals surface area contributed by atoms with Crippen LogP contribution in [0, 0.1) is 0 Å². The average molecular weight is 351 g/mol. The maximum atomic E-state index is 12.4. The van der Waals surface area contributed by atoms with Gasteiger partial charge in [0.1, 0.15) is 6.61 Å². The summed E-state index contributed by atoms with van der Waals surface area (Å²) < 4.78 is 46.4. The summed E-state index contributed by atoms with van der Waals surface area (Å²) in [6.45, 7) is 1.18. The SMILES string of the molecule is FC(F)(F)Oc1ccccc1OCCNC1=Nc2ccccc2CN1. The number of hydrogen-bond acceptors (Lipinski definition) is 5. The van der Waals surface area contributed by atoms with E-state index in [0.29, 0.717) is 19.0 Å². The van der Waals surface area contributed by atoms with Crippen molar-refractivity contribution in [2.45, 2.75) is 12.9 Å². The van der Waals surface area contributed by atoms with E-state index in [1.54, 1.807) is 6.07 Å². The third kappa shape index (κ3) is 4.79. The molecule has 2 aromatic carbocycles. The van der Waals surface area contributed by atoms with Crippen LogP contribution in [0.5, 0.6) is 11.5 Å². The fourth-order valence-corrected chi connectivity index (χ4v) is 2.32. The first-order valence-electron chi connectivity index (χ1n) is 7.63. The third-order valence-electron chi connectivity index (χ3n) is 3.40. The van der Waals surface area contributed by atoms with Crippen molar-refractivity contribution in [3.05, 3.63) is 54.1 Å². The van der Waals surface area contributed by atoms with Crippen molar-refractivity contribution >= 4 is 11.6 Å². The molecule has 132 valence electrons. The van der Waals surface area contributed by atoms with Gasteiger partial charge in [-0.05, 0) is 23.8 Å². The number of aliphatic imine (C=N–C) groups is 1. The van der Waals surface area contributed by atoms with Gasteiger partial charge in [-0.25, -0.2) is 4.99 Å². The molecule has 0 aliphatic carbocycles. The van der Waals surface area contributed by atoms with Crippen LogP contribution in [-0.4, -0.2) is 25.5 Å². The highest BCUT2D eigenvalue weighted by atomic mass is 19.4. The Kier molecular flexibility index (Phi) is 4.97. The van der Waals surface area contributed by atoms with E-state index in [1.807, 2.05) is 24.3 Å². The molecule has 8 heteroatoms. The molecule has 1 aliphatic heterocycles. The Morgan fingerprint density at radius 1 is 1.04 bits per heavy atom. The van der Waals surface area contributed by atoms with Crippen LogP contribution in [0.25, 0.3) is 0 Å². The number of nitrogens with zero attached hydrogens (tertiary/aromatic N) is 1. The van der Waals surface area contributed by atoms with Crippen molar-refractivity contribution in [3.63, 3.8) is 0 Å². The Labute approximate surface area is 142 Å². The summed E-state index contributed by atoms with van der Waals surface area (Å²) in [5.41, 5.74) is 1.98. The second-order valence-electron chi connectivity index (χ2n) is 5.21.